The Labute approximate surface area is 181 Å². The molecule has 0 aromatic rings. The van der Waals surface area contributed by atoms with Gasteiger partial charge in [0.25, 0.3) is 0 Å². The van der Waals surface area contributed by atoms with Crippen molar-refractivity contribution in [3.05, 3.63) is 12.2 Å². The van der Waals surface area contributed by atoms with E-state index in [-0.39, 0.29) is 0 Å². The SMILES string of the molecule is COC[C@]12CC=CC[C@@H]1CC[C@H]1[C@@H]3CC[C@H]([C@H](C)CCCC(C)C)[C@@]3(C)CC[C@@H]12. The second kappa shape index (κ2) is 8.68. The molecule has 0 radical (unpaired) electrons. The fraction of sp³-hybridized carbons (Fsp3) is 0.929. The minimum absolute atomic E-state index is 0.453. The number of hydrogen-bond acceptors (Lipinski definition) is 1. The molecule has 0 bridgehead atoms. The molecule has 8 atom stereocenters. The van der Waals surface area contributed by atoms with Gasteiger partial charge in [-0.05, 0) is 98.2 Å². The highest BCUT2D eigenvalue weighted by atomic mass is 16.5. The van der Waals surface area contributed by atoms with Crippen molar-refractivity contribution >= 4 is 0 Å². The van der Waals surface area contributed by atoms with Gasteiger partial charge in [-0.2, -0.15) is 0 Å². The molecule has 0 aromatic carbocycles. The molecule has 0 saturated heterocycles. The third-order valence-electron chi connectivity index (χ3n) is 10.5. The molecule has 4 aliphatic rings. The molecule has 4 aliphatic carbocycles. The van der Waals surface area contributed by atoms with E-state index in [1.165, 1.54) is 70.6 Å². The van der Waals surface area contributed by atoms with Crippen LogP contribution in [0.3, 0.4) is 0 Å². The summed E-state index contributed by atoms with van der Waals surface area (Å²) >= 11 is 0. The maximum absolute atomic E-state index is 5.92. The summed E-state index contributed by atoms with van der Waals surface area (Å²) in [5.74, 6) is 6.51. The number of methoxy groups -OCH3 is 1. The Morgan fingerprint density at radius 3 is 2.55 bits per heavy atom. The van der Waals surface area contributed by atoms with Crippen LogP contribution in [0.2, 0.25) is 0 Å². The van der Waals surface area contributed by atoms with Crippen molar-refractivity contribution < 1.29 is 4.74 Å². The van der Waals surface area contributed by atoms with Crippen LogP contribution in [0, 0.1) is 52.3 Å². The molecule has 4 rings (SSSR count). The van der Waals surface area contributed by atoms with E-state index in [1.54, 1.807) is 0 Å². The lowest BCUT2D eigenvalue weighted by Crippen LogP contribution is -2.55. The maximum Gasteiger partial charge on any atom is 0.0527 e. The number of allylic oxidation sites excluding steroid dienone is 2. The zero-order valence-electron chi connectivity index (χ0n) is 20.1. The van der Waals surface area contributed by atoms with Gasteiger partial charge in [0.1, 0.15) is 0 Å². The minimum Gasteiger partial charge on any atom is -0.384 e. The molecular formula is C28H48O. The highest BCUT2D eigenvalue weighted by molar-refractivity contribution is 5.13. The van der Waals surface area contributed by atoms with Crippen LogP contribution in [-0.2, 0) is 4.74 Å². The van der Waals surface area contributed by atoms with Gasteiger partial charge in [0.05, 0.1) is 6.61 Å². The Morgan fingerprint density at radius 1 is 0.966 bits per heavy atom. The van der Waals surface area contributed by atoms with Gasteiger partial charge < -0.3 is 4.74 Å². The standard InChI is InChI=1S/C28H48O/c1-20(2)9-8-10-21(3)24-14-15-25-23-13-12-22-11-6-7-17-28(22,19-29-5)26(23)16-18-27(24,25)4/h6-7,20-26H,8-19H2,1-5H3/t21-,22-,23+,24-,25+,26+,27-,28-/m1/s1. The molecule has 3 fully saturated rings. The van der Waals surface area contributed by atoms with Crippen molar-refractivity contribution in [2.24, 2.45) is 52.3 Å². The summed E-state index contributed by atoms with van der Waals surface area (Å²) in [5.41, 5.74) is 1.07. The maximum atomic E-state index is 5.92. The fourth-order valence-electron chi connectivity index (χ4n) is 9.20. The smallest absolute Gasteiger partial charge is 0.0527 e. The van der Waals surface area contributed by atoms with E-state index in [0.29, 0.717) is 10.8 Å². The van der Waals surface area contributed by atoms with Gasteiger partial charge in [0.15, 0.2) is 0 Å². The average Bonchev–Trinajstić information content (AvgIpc) is 3.05. The molecule has 0 aliphatic heterocycles. The Kier molecular flexibility index (Phi) is 6.56. The Hall–Kier alpha value is -0.300. The molecule has 1 nitrogen and oxygen atoms in total. The van der Waals surface area contributed by atoms with Crippen LogP contribution in [-0.4, -0.2) is 13.7 Å². The first kappa shape index (κ1) is 21.9. The first-order chi connectivity index (χ1) is 13.9. The largest absolute Gasteiger partial charge is 0.384 e. The summed E-state index contributed by atoms with van der Waals surface area (Å²) in [4.78, 5) is 0. The second-order valence-electron chi connectivity index (χ2n) is 12.3. The van der Waals surface area contributed by atoms with E-state index in [1.807, 2.05) is 7.11 Å². The molecule has 0 unspecified atom stereocenters. The summed E-state index contributed by atoms with van der Waals surface area (Å²) in [6.07, 6.45) is 20.8. The van der Waals surface area contributed by atoms with Crippen LogP contribution in [0.15, 0.2) is 12.2 Å². The quantitative estimate of drug-likeness (QED) is 0.395. The molecule has 0 amide bonds. The van der Waals surface area contributed by atoms with Crippen LogP contribution in [0.4, 0.5) is 0 Å². The van der Waals surface area contributed by atoms with Crippen LogP contribution >= 0.6 is 0 Å². The Morgan fingerprint density at radius 2 is 1.79 bits per heavy atom. The molecule has 1 heteroatoms. The van der Waals surface area contributed by atoms with Gasteiger partial charge in [-0.15, -0.1) is 0 Å². The number of ether oxygens (including phenoxy) is 1. The third kappa shape index (κ3) is 3.77. The van der Waals surface area contributed by atoms with Crippen molar-refractivity contribution in [3.8, 4) is 0 Å². The van der Waals surface area contributed by atoms with Gasteiger partial charge in [-0.3, -0.25) is 0 Å². The average molecular weight is 401 g/mol. The Bertz CT molecular complexity index is 579. The van der Waals surface area contributed by atoms with Crippen LogP contribution in [0.5, 0.6) is 0 Å². The lowest BCUT2D eigenvalue weighted by atomic mass is 9.44. The predicted octanol–water partition coefficient (Wildman–Crippen LogP) is 7.90. The molecule has 29 heavy (non-hydrogen) atoms. The summed E-state index contributed by atoms with van der Waals surface area (Å²) in [6, 6.07) is 0. The highest BCUT2D eigenvalue weighted by Crippen LogP contribution is 2.68. The molecule has 0 spiro atoms. The predicted molar refractivity (Wildman–Crippen MR) is 124 cm³/mol. The zero-order chi connectivity index (χ0) is 20.6. The van der Waals surface area contributed by atoms with Gasteiger partial charge >= 0.3 is 0 Å². The van der Waals surface area contributed by atoms with Crippen molar-refractivity contribution in [3.63, 3.8) is 0 Å². The summed E-state index contributed by atoms with van der Waals surface area (Å²) in [7, 11) is 1.95. The number of fused-ring (bicyclic) bond motifs is 5. The van der Waals surface area contributed by atoms with Crippen LogP contribution in [0.1, 0.15) is 98.3 Å². The number of rotatable bonds is 7. The number of hydrogen-bond donors (Lipinski definition) is 0. The lowest BCUT2D eigenvalue weighted by Gasteiger charge is -2.61. The minimum atomic E-state index is 0.453. The first-order valence-electron chi connectivity index (χ1n) is 13.1. The molecule has 0 N–H and O–H groups in total. The van der Waals surface area contributed by atoms with Crippen molar-refractivity contribution in [2.75, 3.05) is 13.7 Å². The molecule has 166 valence electrons. The van der Waals surface area contributed by atoms with Gasteiger partial charge in [-0.1, -0.05) is 59.1 Å². The van der Waals surface area contributed by atoms with Gasteiger partial charge in [0.2, 0.25) is 0 Å². The van der Waals surface area contributed by atoms with Crippen LogP contribution < -0.4 is 0 Å². The fourth-order valence-corrected chi connectivity index (χ4v) is 9.20. The van der Waals surface area contributed by atoms with E-state index < -0.39 is 0 Å². The molecule has 0 aromatic heterocycles. The first-order valence-corrected chi connectivity index (χ1v) is 13.1. The lowest BCUT2D eigenvalue weighted by molar-refractivity contribution is -0.133. The van der Waals surface area contributed by atoms with Gasteiger partial charge in [-0.25, -0.2) is 0 Å². The summed E-state index contributed by atoms with van der Waals surface area (Å²) in [5, 5.41) is 0. The normalized spacial score (nSPS) is 45.0. The van der Waals surface area contributed by atoms with E-state index in [4.69, 9.17) is 4.74 Å². The van der Waals surface area contributed by atoms with E-state index >= 15 is 0 Å². The summed E-state index contributed by atoms with van der Waals surface area (Å²) < 4.78 is 5.92. The van der Waals surface area contributed by atoms with E-state index in [9.17, 15) is 0 Å². The molecule has 3 saturated carbocycles. The van der Waals surface area contributed by atoms with Crippen molar-refractivity contribution in [2.45, 2.75) is 98.3 Å². The zero-order valence-corrected chi connectivity index (χ0v) is 20.1. The van der Waals surface area contributed by atoms with E-state index in [2.05, 4.69) is 39.8 Å². The summed E-state index contributed by atoms with van der Waals surface area (Å²) in [6.45, 7) is 11.1. The monoisotopic (exact) mass is 400 g/mol. The second-order valence-corrected chi connectivity index (χ2v) is 12.3. The van der Waals surface area contributed by atoms with E-state index in [0.717, 1.165) is 48.0 Å². The topological polar surface area (TPSA) is 9.23 Å². The van der Waals surface area contributed by atoms with Crippen LogP contribution in [0.25, 0.3) is 0 Å². The highest BCUT2D eigenvalue weighted by Gasteiger charge is 2.61. The molecular weight excluding hydrogens is 352 g/mol. The van der Waals surface area contributed by atoms with Gasteiger partial charge in [0, 0.05) is 12.5 Å². The van der Waals surface area contributed by atoms with Crippen molar-refractivity contribution in [1.29, 1.82) is 0 Å². The van der Waals surface area contributed by atoms with Crippen molar-refractivity contribution in [1.82, 2.24) is 0 Å². The molecule has 0 heterocycles. The third-order valence-corrected chi connectivity index (χ3v) is 10.5. The Balaban J connectivity index is 1.50.